The number of aryl methyl sites for hydroxylation is 1. The van der Waals surface area contributed by atoms with Crippen LogP contribution in [-0.4, -0.2) is 44.4 Å². The highest BCUT2D eigenvalue weighted by Crippen LogP contribution is 2.44. The number of nitrogens with one attached hydrogen (secondary N) is 2. The van der Waals surface area contributed by atoms with Gasteiger partial charge in [0.15, 0.2) is 0 Å². The standard InChI is InChI=1S/C23H17N5O6S/c1-11-17(22(30)31)21(35-28-11)25-20(29)18-19(27-34-26-18)24-23(32)33-10-16-14-8-4-2-6-12(14)13-7-3-5-9-15(13)16/h2-9,16H,10H2,1H3,(H,25,29)(H,30,31)(H,24,27,32). The fourth-order valence-corrected chi connectivity index (χ4v) is 4.80. The number of aromatic carboxylic acids is 1. The molecule has 0 aliphatic heterocycles. The average Bonchev–Trinajstić information content (AvgIpc) is 3.53. The normalized spacial score (nSPS) is 12.0. The molecular weight excluding hydrogens is 474 g/mol. The molecule has 3 N–H and O–H groups in total. The van der Waals surface area contributed by atoms with Gasteiger partial charge in [-0.1, -0.05) is 48.5 Å². The number of rotatable bonds is 6. The van der Waals surface area contributed by atoms with Crippen LogP contribution in [0.2, 0.25) is 0 Å². The smallest absolute Gasteiger partial charge is 0.412 e. The summed E-state index contributed by atoms with van der Waals surface area (Å²) in [5.41, 5.74) is 4.07. The number of carboxylic acids is 1. The molecule has 0 saturated carbocycles. The first-order chi connectivity index (χ1) is 16.9. The molecule has 0 spiro atoms. The molecule has 2 aromatic heterocycles. The van der Waals surface area contributed by atoms with Crippen molar-refractivity contribution in [2.24, 2.45) is 0 Å². The number of aromatic nitrogens is 3. The molecule has 4 aromatic rings. The Morgan fingerprint density at radius 1 is 1.03 bits per heavy atom. The summed E-state index contributed by atoms with van der Waals surface area (Å²) in [5, 5.41) is 21.2. The molecule has 5 rings (SSSR count). The summed E-state index contributed by atoms with van der Waals surface area (Å²) in [6, 6.07) is 15.8. The number of fused-ring (bicyclic) bond motifs is 3. The predicted octanol–water partition coefficient (Wildman–Crippen LogP) is 4.15. The maximum Gasteiger partial charge on any atom is 0.412 e. The number of carbonyl (C=O) groups is 3. The molecule has 1 aliphatic carbocycles. The van der Waals surface area contributed by atoms with Crippen LogP contribution >= 0.6 is 11.5 Å². The Morgan fingerprint density at radius 2 is 1.69 bits per heavy atom. The van der Waals surface area contributed by atoms with E-state index in [9.17, 15) is 19.5 Å². The van der Waals surface area contributed by atoms with Gasteiger partial charge in [-0.15, -0.1) is 0 Å². The van der Waals surface area contributed by atoms with Crippen LogP contribution in [0.5, 0.6) is 0 Å². The number of hydrogen-bond donors (Lipinski definition) is 3. The largest absolute Gasteiger partial charge is 0.478 e. The van der Waals surface area contributed by atoms with Gasteiger partial charge >= 0.3 is 12.1 Å². The van der Waals surface area contributed by atoms with Crippen LogP contribution in [0.4, 0.5) is 15.6 Å². The van der Waals surface area contributed by atoms with E-state index in [-0.39, 0.29) is 40.3 Å². The van der Waals surface area contributed by atoms with Crippen molar-refractivity contribution in [1.82, 2.24) is 14.7 Å². The van der Waals surface area contributed by atoms with Gasteiger partial charge in [-0.2, -0.15) is 4.37 Å². The molecule has 176 valence electrons. The quantitative estimate of drug-likeness (QED) is 0.360. The molecule has 35 heavy (non-hydrogen) atoms. The summed E-state index contributed by atoms with van der Waals surface area (Å²) in [5.74, 6) is -2.47. The van der Waals surface area contributed by atoms with E-state index in [0.717, 1.165) is 33.8 Å². The van der Waals surface area contributed by atoms with Gasteiger partial charge in [0.2, 0.25) is 11.5 Å². The van der Waals surface area contributed by atoms with Crippen molar-refractivity contribution in [3.05, 3.63) is 76.6 Å². The molecule has 1 aliphatic rings. The van der Waals surface area contributed by atoms with Crippen molar-refractivity contribution >= 4 is 40.3 Å². The van der Waals surface area contributed by atoms with Crippen molar-refractivity contribution in [1.29, 1.82) is 0 Å². The molecule has 0 atom stereocenters. The van der Waals surface area contributed by atoms with E-state index in [1.807, 2.05) is 48.5 Å². The third-order valence-electron chi connectivity index (χ3n) is 5.57. The van der Waals surface area contributed by atoms with E-state index in [1.165, 1.54) is 6.92 Å². The highest BCUT2D eigenvalue weighted by atomic mass is 32.1. The lowest BCUT2D eigenvalue weighted by Gasteiger charge is -2.14. The lowest BCUT2D eigenvalue weighted by Crippen LogP contribution is -2.21. The SMILES string of the molecule is Cc1nsc(NC(=O)c2nonc2NC(=O)OCC2c3ccccc3-c3ccccc32)c1C(=O)O. The summed E-state index contributed by atoms with van der Waals surface area (Å²) < 4.78 is 14.0. The Balaban J connectivity index is 1.27. The molecule has 2 amide bonds. The highest BCUT2D eigenvalue weighted by Gasteiger charge is 2.30. The topological polar surface area (TPSA) is 157 Å². The summed E-state index contributed by atoms with van der Waals surface area (Å²) in [4.78, 5) is 36.5. The number of amides is 2. The summed E-state index contributed by atoms with van der Waals surface area (Å²) >= 11 is 0.807. The van der Waals surface area contributed by atoms with Crippen LogP contribution in [0.3, 0.4) is 0 Å². The van der Waals surface area contributed by atoms with Crippen molar-refractivity contribution in [3.63, 3.8) is 0 Å². The van der Waals surface area contributed by atoms with E-state index in [2.05, 4.69) is 29.9 Å². The number of carbonyl (C=O) groups excluding carboxylic acids is 2. The fourth-order valence-electron chi connectivity index (χ4n) is 4.02. The zero-order valence-corrected chi connectivity index (χ0v) is 19.0. The van der Waals surface area contributed by atoms with Crippen LogP contribution in [-0.2, 0) is 4.74 Å². The molecule has 0 saturated heterocycles. The fraction of sp³-hybridized carbons (Fsp3) is 0.130. The summed E-state index contributed by atoms with van der Waals surface area (Å²) in [6.45, 7) is 1.58. The third-order valence-corrected chi connectivity index (χ3v) is 6.43. The predicted molar refractivity (Wildman–Crippen MR) is 125 cm³/mol. The molecule has 0 fully saturated rings. The third kappa shape index (κ3) is 4.10. The van der Waals surface area contributed by atoms with E-state index in [1.54, 1.807) is 0 Å². The average molecular weight is 491 g/mol. The number of benzene rings is 2. The van der Waals surface area contributed by atoms with Crippen molar-refractivity contribution in [2.75, 3.05) is 17.2 Å². The molecule has 11 nitrogen and oxygen atoms in total. The molecule has 0 unspecified atom stereocenters. The highest BCUT2D eigenvalue weighted by molar-refractivity contribution is 7.11. The minimum absolute atomic E-state index is 0.0232. The number of hydrogen-bond acceptors (Lipinski definition) is 9. The maximum atomic E-state index is 12.6. The van der Waals surface area contributed by atoms with E-state index >= 15 is 0 Å². The zero-order chi connectivity index (χ0) is 24.5. The van der Waals surface area contributed by atoms with Gasteiger partial charge in [-0.25, -0.2) is 14.2 Å². The zero-order valence-electron chi connectivity index (χ0n) is 18.1. The van der Waals surface area contributed by atoms with Gasteiger partial charge in [0.05, 0.1) is 5.69 Å². The van der Waals surface area contributed by atoms with E-state index in [0.29, 0.717) is 0 Å². The van der Waals surface area contributed by atoms with Crippen LogP contribution in [0.15, 0.2) is 53.2 Å². The maximum absolute atomic E-state index is 12.6. The Bertz CT molecular complexity index is 1420. The van der Waals surface area contributed by atoms with Crippen molar-refractivity contribution < 1.29 is 28.9 Å². The second-order valence-electron chi connectivity index (χ2n) is 7.64. The Labute approximate surface area is 201 Å². The second kappa shape index (κ2) is 8.99. The first kappa shape index (κ1) is 22.2. The van der Waals surface area contributed by atoms with E-state index in [4.69, 9.17) is 4.74 Å². The lowest BCUT2D eigenvalue weighted by atomic mass is 9.98. The first-order valence-corrected chi connectivity index (χ1v) is 11.2. The van der Waals surface area contributed by atoms with Gasteiger partial charge < -0.3 is 15.2 Å². The number of ether oxygens (including phenoxy) is 1. The number of nitrogens with zero attached hydrogens (tertiary/aromatic N) is 3. The van der Waals surface area contributed by atoms with Crippen molar-refractivity contribution in [3.8, 4) is 11.1 Å². The van der Waals surface area contributed by atoms with Gasteiger partial charge in [-0.05, 0) is 51.0 Å². The van der Waals surface area contributed by atoms with Gasteiger partial charge in [0.1, 0.15) is 17.2 Å². The van der Waals surface area contributed by atoms with Crippen molar-refractivity contribution in [2.45, 2.75) is 12.8 Å². The van der Waals surface area contributed by atoms with Gasteiger partial charge in [0, 0.05) is 5.92 Å². The molecule has 2 heterocycles. The Kier molecular flexibility index (Phi) is 5.71. The Hall–Kier alpha value is -4.58. The monoisotopic (exact) mass is 491 g/mol. The molecule has 12 heteroatoms. The van der Waals surface area contributed by atoms with Gasteiger partial charge in [-0.3, -0.25) is 10.1 Å². The Morgan fingerprint density at radius 3 is 2.34 bits per heavy atom. The van der Waals surface area contributed by atoms with E-state index < -0.39 is 18.0 Å². The first-order valence-electron chi connectivity index (χ1n) is 10.4. The number of carboxylic acid groups (broad SMARTS) is 1. The minimum Gasteiger partial charge on any atom is -0.478 e. The lowest BCUT2D eigenvalue weighted by molar-refractivity contribution is 0.0697. The van der Waals surface area contributed by atoms with Crippen LogP contribution in [0.1, 0.15) is 43.6 Å². The van der Waals surface area contributed by atoms with Crippen LogP contribution in [0, 0.1) is 6.92 Å². The van der Waals surface area contributed by atoms with Gasteiger partial charge in [0.25, 0.3) is 5.91 Å². The second-order valence-corrected chi connectivity index (χ2v) is 8.42. The minimum atomic E-state index is -1.23. The molecule has 0 bridgehead atoms. The summed E-state index contributed by atoms with van der Waals surface area (Å²) in [7, 11) is 0. The van der Waals surface area contributed by atoms with Crippen LogP contribution in [0.25, 0.3) is 11.1 Å². The number of anilines is 2. The molecular formula is C23H17N5O6S. The van der Waals surface area contributed by atoms with Crippen LogP contribution < -0.4 is 10.6 Å². The molecule has 2 aromatic carbocycles. The summed E-state index contributed by atoms with van der Waals surface area (Å²) in [6.07, 6.45) is -0.850. The molecule has 0 radical (unpaired) electrons.